The van der Waals surface area contributed by atoms with Gasteiger partial charge in [-0.2, -0.15) is 0 Å². The minimum atomic E-state index is -0.133. The van der Waals surface area contributed by atoms with Gasteiger partial charge in [0.1, 0.15) is 11.5 Å². The van der Waals surface area contributed by atoms with Crippen molar-refractivity contribution in [2.75, 3.05) is 39.1 Å². The predicted molar refractivity (Wildman–Crippen MR) is 104 cm³/mol. The van der Waals surface area contributed by atoms with Crippen molar-refractivity contribution < 1.29 is 9.59 Å². The molecule has 26 heavy (non-hydrogen) atoms. The molecule has 0 fully saturated rings. The summed E-state index contributed by atoms with van der Waals surface area (Å²) in [5, 5.41) is 2.91. The van der Waals surface area contributed by atoms with E-state index in [-0.39, 0.29) is 11.8 Å². The molecule has 2 aromatic heterocycles. The first kappa shape index (κ1) is 19.9. The van der Waals surface area contributed by atoms with Crippen LogP contribution in [0.3, 0.4) is 0 Å². The third-order valence-electron chi connectivity index (χ3n) is 4.30. The summed E-state index contributed by atoms with van der Waals surface area (Å²) < 4.78 is 1.82. The summed E-state index contributed by atoms with van der Waals surface area (Å²) in [6.07, 6.45) is 4.09. The van der Waals surface area contributed by atoms with Gasteiger partial charge in [0.2, 0.25) is 5.91 Å². The van der Waals surface area contributed by atoms with Gasteiger partial charge in [-0.05, 0) is 39.6 Å². The lowest BCUT2D eigenvalue weighted by Crippen LogP contribution is -2.31. The Bertz CT molecular complexity index is 782. The Balaban J connectivity index is 2.27. The van der Waals surface area contributed by atoms with E-state index in [4.69, 9.17) is 0 Å². The van der Waals surface area contributed by atoms with Crippen molar-refractivity contribution in [1.82, 2.24) is 19.6 Å². The molecule has 0 spiro atoms. The average molecular weight is 359 g/mol. The Labute approximate surface area is 155 Å². The molecule has 0 aliphatic carbocycles. The van der Waals surface area contributed by atoms with Crippen molar-refractivity contribution in [3.8, 4) is 0 Å². The fourth-order valence-corrected chi connectivity index (χ4v) is 2.80. The summed E-state index contributed by atoms with van der Waals surface area (Å²) in [5.74, 6) is 0.632. The molecule has 2 amide bonds. The van der Waals surface area contributed by atoms with E-state index in [0.29, 0.717) is 24.3 Å². The van der Waals surface area contributed by atoms with Crippen LogP contribution in [-0.2, 0) is 4.79 Å². The molecule has 0 bridgehead atoms. The van der Waals surface area contributed by atoms with Gasteiger partial charge in [0.05, 0.1) is 11.3 Å². The zero-order valence-electron chi connectivity index (χ0n) is 16.4. The van der Waals surface area contributed by atoms with E-state index in [1.54, 1.807) is 24.2 Å². The van der Waals surface area contributed by atoms with Crippen molar-refractivity contribution in [2.24, 2.45) is 0 Å². The van der Waals surface area contributed by atoms with Gasteiger partial charge in [-0.3, -0.25) is 18.9 Å². The maximum atomic E-state index is 12.4. The summed E-state index contributed by atoms with van der Waals surface area (Å²) in [6.45, 7) is 5.30. The number of nitrogens with zero attached hydrogens (tertiary/aromatic N) is 4. The number of carbonyl (C=O) groups is 2. The van der Waals surface area contributed by atoms with Crippen LogP contribution in [0, 0.1) is 6.92 Å². The molecule has 0 aromatic carbocycles. The minimum Gasteiger partial charge on any atom is -0.351 e. The number of unbranched alkanes of at least 4 members (excludes halogenated alkanes) is 1. The molecule has 0 radical (unpaired) electrons. The summed E-state index contributed by atoms with van der Waals surface area (Å²) in [5.41, 5.74) is 2.03. The Morgan fingerprint density at radius 1 is 1.23 bits per heavy atom. The van der Waals surface area contributed by atoms with Gasteiger partial charge in [0.25, 0.3) is 5.91 Å². The molecule has 2 rings (SSSR count). The fourth-order valence-electron chi connectivity index (χ4n) is 2.80. The number of imidazole rings is 1. The zero-order valence-corrected chi connectivity index (χ0v) is 16.4. The summed E-state index contributed by atoms with van der Waals surface area (Å²) >= 11 is 0. The highest BCUT2D eigenvalue weighted by Gasteiger charge is 2.19. The Morgan fingerprint density at radius 2 is 1.96 bits per heavy atom. The molecule has 0 aliphatic heterocycles. The smallest absolute Gasteiger partial charge is 0.252 e. The van der Waals surface area contributed by atoms with E-state index < -0.39 is 0 Å². The molecule has 0 aliphatic rings. The maximum Gasteiger partial charge on any atom is 0.252 e. The van der Waals surface area contributed by atoms with E-state index in [0.717, 1.165) is 30.7 Å². The van der Waals surface area contributed by atoms with Crippen LogP contribution in [0.1, 0.15) is 42.2 Å². The van der Waals surface area contributed by atoms with Gasteiger partial charge in [-0.25, -0.2) is 4.98 Å². The first-order valence-corrected chi connectivity index (χ1v) is 9.03. The van der Waals surface area contributed by atoms with E-state index in [1.165, 1.54) is 0 Å². The Hall–Kier alpha value is -2.41. The van der Waals surface area contributed by atoms with Crippen LogP contribution in [0.15, 0.2) is 18.3 Å². The van der Waals surface area contributed by atoms with Crippen molar-refractivity contribution in [1.29, 1.82) is 0 Å². The number of hydrogen-bond acceptors (Lipinski definition) is 4. The number of amides is 2. The Morgan fingerprint density at radius 3 is 2.62 bits per heavy atom. The number of aryl methyl sites for hydroxylation is 1. The van der Waals surface area contributed by atoms with Gasteiger partial charge in [0.15, 0.2) is 0 Å². The second-order valence-corrected chi connectivity index (χ2v) is 6.78. The van der Waals surface area contributed by atoms with Gasteiger partial charge < -0.3 is 10.2 Å². The summed E-state index contributed by atoms with van der Waals surface area (Å²) in [4.78, 5) is 33.0. The standard InChI is InChI=1S/C19H29N5O2/c1-6-7-8-17(25)23(5)19-14(2)21-16-10-9-15(13-24(16)19)18(26)20-11-12-22(3)4/h9-10,13H,6-8,11-12H2,1-5H3,(H,20,26). The highest BCUT2D eigenvalue weighted by molar-refractivity contribution is 5.95. The third kappa shape index (κ3) is 4.60. The highest BCUT2D eigenvalue weighted by atomic mass is 16.2. The molecule has 2 heterocycles. The maximum absolute atomic E-state index is 12.4. The average Bonchev–Trinajstić information content (AvgIpc) is 2.93. The van der Waals surface area contributed by atoms with Crippen molar-refractivity contribution in [3.63, 3.8) is 0 Å². The number of pyridine rings is 1. The first-order chi connectivity index (χ1) is 12.3. The van der Waals surface area contributed by atoms with Crippen LogP contribution in [0.25, 0.3) is 5.65 Å². The number of fused-ring (bicyclic) bond motifs is 1. The van der Waals surface area contributed by atoms with Crippen molar-refractivity contribution in [3.05, 3.63) is 29.6 Å². The van der Waals surface area contributed by atoms with Gasteiger partial charge >= 0.3 is 0 Å². The van der Waals surface area contributed by atoms with Crippen molar-refractivity contribution in [2.45, 2.75) is 33.1 Å². The zero-order chi connectivity index (χ0) is 19.3. The SMILES string of the molecule is CCCCC(=O)N(C)c1c(C)nc2ccc(C(=O)NCCN(C)C)cn12. The molecule has 0 unspecified atom stereocenters. The molecular formula is C19H29N5O2. The van der Waals surface area contributed by atoms with Gasteiger partial charge in [-0.1, -0.05) is 13.3 Å². The normalized spacial score (nSPS) is 11.2. The second-order valence-electron chi connectivity index (χ2n) is 6.78. The van der Waals surface area contributed by atoms with E-state index in [2.05, 4.69) is 17.2 Å². The van der Waals surface area contributed by atoms with Crippen molar-refractivity contribution >= 4 is 23.3 Å². The topological polar surface area (TPSA) is 70.0 Å². The van der Waals surface area contributed by atoms with Crippen LogP contribution in [0.5, 0.6) is 0 Å². The molecule has 0 saturated heterocycles. The van der Waals surface area contributed by atoms with Gasteiger partial charge in [0, 0.05) is 32.8 Å². The summed E-state index contributed by atoms with van der Waals surface area (Å²) in [6, 6.07) is 3.57. The number of aromatic nitrogens is 2. The second kappa shape index (κ2) is 8.80. The van der Waals surface area contributed by atoms with Crippen LogP contribution < -0.4 is 10.2 Å². The number of hydrogen-bond donors (Lipinski definition) is 1. The lowest BCUT2D eigenvalue weighted by atomic mass is 10.2. The molecule has 0 atom stereocenters. The molecule has 0 saturated carbocycles. The fraction of sp³-hybridized carbons (Fsp3) is 0.526. The van der Waals surface area contributed by atoms with Crippen LogP contribution in [0.2, 0.25) is 0 Å². The van der Waals surface area contributed by atoms with E-state index >= 15 is 0 Å². The Kier molecular flexibility index (Phi) is 6.74. The largest absolute Gasteiger partial charge is 0.351 e. The van der Waals surface area contributed by atoms with Crippen LogP contribution in [0.4, 0.5) is 5.82 Å². The number of nitrogens with one attached hydrogen (secondary N) is 1. The highest BCUT2D eigenvalue weighted by Crippen LogP contribution is 2.22. The molecule has 7 heteroatoms. The monoisotopic (exact) mass is 359 g/mol. The molecule has 2 aromatic rings. The first-order valence-electron chi connectivity index (χ1n) is 9.03. The lowest BCUT2D eigenvalue weighted by Gasteiger charge is -2.18. The summed E-state index contributed by atoms with van der Waals surface area (Å²) in [7, 11) is 5.69. The third-order valence-corrected chi connectivity index (χ3v) is 4.30. The molecule has 142 valence electrons. The quantitative estimate of drug-likeness (QED) is 0.783. The lowest BCUT2D eigenvalue weighted by molar-refractivity contribution is -0.118. The minimum absolute atomic E-state index is 0.0533. The van der Waals surface area contributed by atoms with Crippen LogP contribution in [-0.4, -0.2) is 60.3 Å². The molecule has 7 nitrogen and oxygen atoms in total. The number of rotatable bonds is 8. The van der Waals surface area contributed by atoms with Crippen LogP contribution >= 0.6 is 0 Å². The predicted octanol–water partition coefficient (Wildman–Crippen LogP) is 2.09. The van der Waals surface area contributed by atoms with E-state index in [9.17, 15) is 9.59 Å². The number of carbonyl (C=O) groups excluding carboxylic acids is 2. The van der Waals surface area contributed by atoms with Gasteiger partial charge in [-0.15, -0.1) is 0 Å². The molecule has 1 N–H and O–H groups in total. The van der Waals surface area contributed by atoms with E-state index in [1.807, 2.05) is 36.4 Å². The number of likely N-dealkylation sites (N-methyl/N-ethyl adjacent to an activating group) is 1. The molecular weight excluding hydrogens is 330 g/mol. The number of anilines is 1.